The van der Waals surface area contributed by atoms with Crippen molar-refractivity contribution in [1.29, 1.82) is 0 Å². The van der Waals surface area contributed by atoms with E-state index in [1.54, 1.807) is 11.3 Å². The Bertz CT molecular complexity index is 2850. The first-order valence-corrected chi connectivity index (χ1v) is 18.9. The van der Waals surface area contributed by atoms with Gasteiger partial charge in [-0.2, -0.15) is 0 Å². The molecule has 0 unspecified atom stereocenters. The second-order valence-electron chi connectivity index (χ2n) is 13.1. The molecule has 0 aliphatic carbocycles. The van der Waals surface area contributed by atoms with E-state index in [1.807, 2.05) is 121 Å². The molecule has 0 spiro atoms. The molecule has 10 rings (SSSR count). The molecule has 0 saturated heterocycles. The molecule has 0 aliphatic rings. The lowest BCUT2D eigenvalue weighted by molar-refractivity contribution is 1.07. The van der Waals surface area contributed by atoms with Gasteiger partial charge in [0, 0.05) is 53.6 Å². The minimum absolute atomic E-state index is 0.629. The summed E-state index contributed by atoms with van der Waals surface area (Å²) in [4.78, 5) is 29.8. The fourth-order valence-corrected chi connectivity index (χ4v) is 8.07. The monoisotopic (exact) mass is 722 g/mol. The van der Waals surface area contributed by atoms with E-state index >= 15 is 0 Å². The smallest absolute Gasteiger partial charge is 0.164 e. The maximum atomic E-state index is 5.06. The fourth-order valence-electron chi connectivity index (χ4n) is 6.90. The summed E-state index contributed by atoms with van der Waals surface area (Å²) < 4.78 is 2.36. The first-order valence-electron chi connectivity index (χ1n) is 18.0. The van der Waals surface area contributed by atoms with E-state index in [0.29, 0.717) is 34.9 Å². The zero-order chi connectivity index (χ0) is 36.6. The molecular formula is C48H30N6S. The van der Waals surface area contributed by atoms with E-state index < -0.39 is 0 Å². The summed E-state index contributed by atoms with van der Waals surface area (Å²) in [7, 11) is 0. The number of fused-ring (bicyclic) bond motifs is 3. The van der Waals surface area contributed by atoms with Gasteiger partial charge in [0.1, 0.15) is 0 Å². The van der Waals surface area contributed by atoms with E-state index in [2.05, 4.69) is 60.7 Å². The summed E-state index contributed by atoms with van der Waals surface area (Å²) in [5.41, 5.74) is 7.88. The average Bonchev–Trinajstić information content (AvgIpc) is 3.66. The van der Waals surface area contributed by atoms with Gasteiger partial charge in [0.2, 0.25) is 0 Å². The number of hydrogen-bond donors (Lipinski definition) is 0. The van der Waals surface area contributed by atoms with Gasteiger partial charge in [0.05, 0.1) is 0 Å². The van der Waals surface area contributed by atoms with Crippen molar-refractivity contribution in [2.45, 2.75) is 0 Å². The van der Waals surface area contributed by atoms with Crippen molar-refractivity contribution in [2.75, 3.05) is 0 Å². The Balaban J connectivity index is 1.07. The van der Waals surface area contributed by atoms with Gasteiger partial charge in [-0.25, -0.2) is 29.9 Å². The Morgan fingerprint density at radius 3 is 1.18 bits per heavy atom. The van der Waals surface area contributed by atoms with Crippen LogP contribution >= 0.6 is 11.3 Å². The highest BCUT2D eigenvalue weighted by Gasteiger charge is 2.18. The standard InChI is InChI=1S/C48H30N6S/c1-5-15-31(16-6-1)43-49-44(32-17-7-2-8-18-32)52-47(51-43)37-24-13-23-35(29-37)36-27-28-38-41(30-36)55-40-26-14-25-39(42(38)40)48-53-45(33-19-9-3-10-20-33)50-46(54-48)34-21-11-4-12-22-34/h1-30H. The highest BCUT2D eigenvalue weighted by molar-refractivity contribution is 7.26. The van der Waals surface area contributed by atoms with E-state index in [-0.39, 0.29) is 0 Å². The molecule has 0 fully saturated rings. The van der Waals surface area contributed by atoms with Gasteiger partial charge in [-0.3, -0.25) is 0 Å². The second-order valence-corrected chi connectivity index (χ2v) is 14.2. The molecule has 55 heavy (non-hydrogen) atoms. The molecule has 10 aromatic rings. The van der Waals surface area contributed by atoms with E-state index in [1.165, 1.54) is 9.40 Å². The third-order valence-electron chi connectivity index (χ3n) is 9.59. The average molecular weight is 723 g/mol. The first kappa shape index (κ1) is 32.4. The Kier molecular flexibility index (Phi) is 8.24. The summed E-state index contributed by atoms with van der Waals surface area (Å²) in [5, 5.41) is 2.30. The zero-order valence-corrected chi connectivity index (χ0v) is 30.2. The van der Waals surface area contributed by atoms with Crippen molar-refractivity contribution in [3.05, 3.63) is 182 Å². The molecule has 0 saturated carbocycles. The predicted octanol–water partition coefficient (Wildman–Crippen LogP) is 12.1. The number of rotatable bonds is 7. The second kappa shape index (κ2) is 14.0. The van der Waals surface area contributed by atoms with Crippen LogP contribution in [0.5, 0.6) is 0 Å². The summed E-state index contributed by atoms with van der Waals surface area (Å²) in [5.74, 6) is 3.85. The maximum Gasteiger partial charge on any atom is 0.164 e. The lowest BCUT2D eigenvalue weighted by atomic mass is 10.00. The van der Waals surface area contributed by atoms with Crippen molar-refractivity contribution in [1.82, 2.24) is 29.9 Å². The molecule has 3 heterocycles. The molecule has 3 aromatic heterocycles. The number of aromatic nitrogens is 6. The van der Waals surface area contributed by atoms with Crippen LogP contribution in [0.1, 0.15) is 0 Å². The molecule has 7 heteroatoms. The molecule has 0 amide bonds. The SMILES string of the molecule is c1ccc(-c2nc(-c3ccccc3)nc(-c3cccc(-c4ccc5c(c4)sc4cccc(-c6nc(-c7ccccc7)nc(-c7ccccc7)n6)c45)c3)n2)cc1. The van der Waals surface area contributed by atoms with Crippen LogP contribution in [0.3, 0.4) is 0 Å². The molecule has 0 radical (unpaired) electrons. The molecule has 0 atom stereocenters. The van der Waals surface area contributed by atoms with Gasteiger partial charge in [0.15, 0.2) is 34.9 Å². The summed E-state index contributed by atoms with van der Waals surface area (Å²) >= 11 is 1.78. The van der Waals surface area contributed by atoms with Crippen LogP contribution in [0, 0.1) is 0 Å². The Morgan fingerprint density at radius 1 is 0.273 bits per heavy atom. The Labute approximate surface area is 321 Å². The van der Waals surface area contributed by atoms with Crippen LogP contribution in [0.25, 0.3) is 99.6 Å². The Hall–Kier alpha value is -7.22. The molecule has 0 N–H and O–H groups in total. The van der Waals surface area contributed by atoms with Crippen molar-refractivity contribution in [3.63, 3.8) is 0 Å². The topological polar surface area (TPSA) is 77.3 Å². The van der Waals surface area contributed by atoms with Crippen molar-refractivity contribution in [2.24, 2.45) is 0 Å². The van der Waals surface area contributed by atoms with Gasteiger partial charge < -0.3 is 0 Å². The normalized spacial score (nSPS) is 11.3. The highest BCUT2D eigenvalue weighted by Crippen LogP contribution is 2.41. The van der Waals surface area contributed by atoms with E-state index in [9.17, 15) is 0 Å². The van der Waals surface area contributed by atoms with E-state index in [0.717, 1.165) is 55.3 Å². The van der Waals surface area contributed by atoms with Crippen LogP contribution < -0.4 is 0 Å². The number of benzene rings is 7. The van der Waals surface area contributed by atoms with Crippen LogP contribution in [-0.2, 0) is 0 Å². The quantitative estimate of drug-likeness (QED) is 0.163. The minimum Gasteiger partial charge on any atom is -0.208 e. The third-order valence-corrected chi connectivity index (χ3v) is 10.7. The fraction of sp³-hybridized carbons (Fsp3) is 0. The number of thiophene rings is 1. The molecule has 7 aromatic carbocycles. The van der Waals surface area contributed by atoms with Crippen LogP contribution in [0.4, 0.5) is 0 Å². The maximum absolute atomic E-state index is 5.06. The Morgan fingerprint density at radius 2 is 0.673 bits per heavy atom. The molecule has 0 aliphatic heterocycles. The third kappa shape index (κ3) is 6.33. The van der Waals surface area contributed by atoms with Gasteiger partial charge in [0.25, 0.3) is 0 Å². The van der Waals surface area contributed by atoms with Crippen LogP contribution in [0.2, 0.25) is 0 Å². The van der Waals surface area contributed by atoms with Crippen LogP contribution in [-0.4, -0.2) is 29.9 Å². The summed E-state index contributed by atoms with van der Waals surface area (Å²) in [6.07, 6.45) is 0. The van der Waals surface area contributed by atoms with Gasteiger partial charge in [-0.15, -0.1) is 11.3 Å². The van der Waals surface area contributed by atoms with Gasteiger partial charge >= 0.3 is 0 Å². The van der Waals surface area contributed by atoms with E-state index in [4.69, 9.17) is 29.9 Å². The summed E-state index contributed by atoms with van der Waals surface area (Å²) in [6.45, 7) is 0. The lowest BCUT2D eigenvalue weighted by Crippen LogP contribution is -2.00. The predicted molar refractivity (Wildman–Crippen MR) is 224 cm³/mol. The molecule has 258 valence electrons. The number of hydrogen-bond acceptors (Lipinski definition) is 7. The summed E-state index contributed by atoms with van der Waals surface area (Å²) in [6, 6.07) is 61.8. The van der Waals surface area contributed by atoms with Crippen molar-refractivity contribution >= 4 is 31.5 Å². The lowest BCUT2D eigenvalue weighted by Gasteiger charge is -2.10. The number of nitrogens with zero attached hydrogens (tertiary/aromatic N) is 6. The van der Waals surface area contributed by atoms with Gasteiger partial charge in [-0.1, -0.05) is 164 Å². The molecule has 6 nitrogen and oxygen atoms in total. The zero-order valence-electron chi connectivity index (χ0n) is 29.4. The van der Waals surface area contributed by atoms with Crippen LogP contribution in [0.15, 0.2) is 182 Å². The minimum atomic E-state index is 0.629. The van der Waals surface area contributed by atoms with Crippen molar-refractivity contribution in [3.8, 4) is 79.5 Å². The molecular weight excluding hydrogens is 693 g/mol. The molecule has 0 bridgehead atoms. The largest absolute Gasteiger partial charge is 0.208 e. The van der Waals surface area contributed by atoms with Gasteiger partial charge in [-0.05, 0) is 29.3 Å². The first-order chi connectivity index (χ1) is 27.2. The van der Waals surface area contributed by atoms with Crippen molar-refractivity contribution < 1.29 is 0 Å². The highest BCUT2D eigenvalue weighted by atomic mass is 32.1.